The number of nitrogens with one attached hydrogen (secondary N) is 1. The smallest absolute Gasteiger partial charge is 0.144 e. The Morgan fingerprint density at radius 1 is 1.33 bits per heavy atom. The van der Waals surface area contributed by atoms with Crippen LogP contribution in [0, 0.1) is 0 Å². The molecule has 0 saturated carbocycles. The van der Waals surface area contributed by atoms with Crippen LogP contribution in [0.1, 0.15) is 11.6 Å². The van der Waals surface area contributed by atoms with E-state index in [4.69, 9.17) is 10.5 Å². The topological polar surface area (TPSA) is 60.2 Å². The van der Waals surface area contributed by atoms with E-state index in [0.717, 1.165) is 21.6 Å². The first-order chi connectivity index (χ1) is 8.75. The van der Waals surface area contributed by atoms with Gasteiger partial charge in [0.1, 0.15) is 22.6 Å². The first-order valence-electron chi connectivity index (χ1n) is 5.64. The van der Waals surface area contributed by atoms with Crippen LogP contribution in [0.3, 0.4) is 0 Å². The van der Waals surface area contributed by atoms with E-state index in [9.17, 15) is 0 Å². The van der Waals surface area contributed by atoms with E-state index in [1.165, 1.54) is 0 Å². The minimum Gasteiger partial charge on any atom is -0.489 e. The number of ether oxygens (including phenoxy) is 1. The average molecular weight is 306 g/mol. The van der Waals surface area contributed by atoms with E-state index >= 15 is 0 Å². The maximum atomic E-state index is 5.95. The lowest BCUT2D eigenvalue weighted by Gasteiger charge is -2.28. The number of pyridine rings is 1. The molecule has 0 fully saturated rings. The summed E-state index contributed by atoms with van der Waals surface area (Å²) in [6.45, 7) is 0.556. The zero-order chi connectivity index (χ0) is 12.5. The fourth-order valence-corrected chi connectivity index (χ4v) is 2.56. The number of para-hydroxylation sites is 1. The van der Waals surface area contributed by atoms with Crippen LogP contribution >= 0.6 is 15.9 Å². The van der Waals surface area contributed by atoms with Crippen LogP contribution in [0.2, 0.25) is 0 Å². The molecule has 0 bridgehead atoms. The zero-order valence-electron chi connectivity index (χ0n) is 9.56. The predicted octanol–water partition coefficient (Wildman–Crippen LogP) is 2.97. The van der Waals surface area contributed by atoms with Gasteiger partial charge in [0.2, 0.25) is 0 Å². The summed E-state index contributed by atoms with van der Waals surface area (Å²) in [5.74, 6) is 0.797. The summed E-state index contributed by atoms with van der Waals surface area (Å²) in [7, 11) is 0. The Labute approximate surface area is 113 Å². The lowest BCUT2D eigenvalue weighted by molar-refractivity contribution is 0.286. The molecule has 3 rings (SSSR count). The Hall–Kier alpha value is -1.75. The van der Waals surface area contributed by atoms with Crippen LogP contribution in [-0.4, -0.2) is 11.6 Å². The van der Waals surface area contributed by atoms with Gasteiger partial charge in [0, 0.05) is 11.8 Å². The first kappa shape index (κ1) is 11.3. The van der Waals surface area contributed by atoms with Gasteiger partial charge < -0.3 is 15.8 Å². The molecule has 1 atom stereocenters. The minimum absolute atomic E-state index is 0.0466. The largest absolute Gasteiger partial charge is 0.489 e. The van der Waals surface area contributed by atoms with Gasteiger partial charge in [-0.2, -0.15) is 0 Å². The Bertz CT molecular complexity index is 588. The highest BCUT2D eigenvalue weighted by molar-refractivity contribution is 9.10. The van der Waals surface area contributed by atoms with Crippen LogP contribution in [0.5, 0.6) is 5.75 Å². The molecular formula is C13H12BrN3O. The highest BCUT2D eigenvalue weighted by Crippen LogP contribution is 2.38. The van der Waals surface area contributed by atoms with Crippen molar-refractivity contribution in [3.05, 3.63) is 46.7 Å². The summed E-state index contributed by atoms with van der Waals surface area (Å²) in [5, 5.41) is 3.40. The molecule has 0 aliphatic carbocycles. The molecule has 1 unspecified atom stereocenters. The fourth-order valence-electron chi connectivity index (χ4n) is 2.04. The number of hydrogen-bond donors (Lipinski definition) is 2. The van der Waals surface area contributed by atoms with Crippen LogP contribution in [0.25, 0.3) is 0 Å². The average Bonchev–Trinajstić information content (AvgIpc) is 2.40. The van der Waals surface area contributed by atoms with Crippen molar-refractivity contribution in [2.45, 2.75) is 6.04 Å². The van der Waals surface area contributed by atoms with Crippen molar-refractivity contribution in [2.75, 3.05) is 17.7 Å². The second-order valence-corrected chi connectivity index (χ2v) is 4.86. The molecule has 5 heteroatoms. The Kier molecular flexibility index (Phi) is 2.83. The monoisotopic (exact) mass is 305 g/mol. The molecule has 1 aromatic carbocycles. The van der Waals surface area contributed by atoms with Crippen molar-refractivity contribution in [1.29, 1.82) is 0 Å². The summed E-state index contributed by atoms with van der Waals surface area (Å²) in [6.07, 6.45) is 1.75. The van der Waals surface area contributed by atoms with Crippen molar-refractivity contribution in [1.82, 2.24) is 4.98 Å². The lowest BCUT2D eigenvalue weighted by atomic mass is 10.1. The van der Waals surface area contributed by atoms with Crippen molar-refractivity contribution in [3.63, 3.8) is 0 Å². The molecule has 0 radical (unpaired) electrons. The number of benzene rings is 1. The van der Waals surface area contributed by atoms with Gasteiger partial charge in [0.15, 0.2) is 0 Å². The zero-order valence-corrected chi connectivity index (χ0v) is 11.1. The molecule has 2 heterocycles. The number of rotatable bonds is 1. The lowest BCUT2D eigenvalue weighted by Crippen LogP contribution is -2.25. The van der Waals surface area contributed by atoms with E-state index in [2.05, 4.69) is 26.2 Å². The van der Waals surface area contributed by atoms with Crippen LogP contribution in [0.4, 0.5) is 11.4 Å². The summed E-state index contributed by atoms with van der Waals surface area (Å²) in [4.78, 5) is 4.22. The molecule has 0 amide bonds. The molecule has 0 spiro atoms. The predicted molar refractivity (Wildman–Crippen MR) is 74.7 cm³/mol. The van der Waals surface area contributed by atoms with Crippen molar-refractivity contribution in [3.8, 4) is 5.75 Å². The maximum Gasteiger partial charge on any atom is 0.144 e. The molecule has 0 saturated heterocycles. The normalized spacial score (nSPS) is 17.5. The molecule has 2 aromatic rings. The fraction of sp³-hybridized carbons (Fsp3) is 0.154. The highest BCUT2D eigenvalue weighted by Gasteiger charge is 2.23. The van der Waals surface area contributed by atoms with Crippen LogP contribution in [0.15, 0.2) is 41.1 Å². The van der Waals surface area contributed by atoms with E-state index in [-0.39, 0.29) is 6.04 Å². The van der Waals surface area contributed by atoms with Gasteiger partial charge >= 0.3 is 0 Å². The van der Waals surface area contributed by atoms with Gasteiger partial charge in [-0.25, -0.2) is 4.98 Å². The number of hydrogen-bond acceptors (Lipinski definition) is 4. The molecule has 92 valence electrons. The third-order valence-electron chi connectivity index (χ3n) is 2.95. The van der Waals surface area contributed by atoms with Gasteiger partial charge in [0.25, 0.3) is 0 Å². The number of halogens is 1. The van der Waals surface area contributed by atoms with Gasteiger partial charge in [0.05, 0.1) is 11.7 Å². The van der Waals surface area contributed by atoms with Gasteiger partial charge in [-0.05, 0) is 34.1 Å². The van der Waals surface area contributed by atoms with E-state index in [1.54, 1.807) is 6.20 Å². The number of aromatic nitrogens is 1. The third-order valence-corrected chi connectivity index (χ3v) is 3.61. The Morgan fingerprint density at radius 3 is 3.06 bits per heavy atom. The molecule has 18 heavy (non-hydrogen) atoms. The standard InChI is InChI=1S/C13H12BrN3O/c14-13-8(3-2-6-16-13)10-7-18-11-5-1-4-9(15)12(11)17-10/h1-6,10,17H,7,15H2. The molecule has 4 nitrogen and oxygen atoms in total. The van der Waals surface area contributed by atoms with Crippen LogP contribution in [-0.2, 0) is 0 Å². The van der Waals surface area contributed by atoms with E-state index in [1.807, 2.05) is 30.3 Å². The van der Waals surface area contributed by atoms with E-state index in [0.29, 0.717) is 12.3 Å². The Morgan fingerprint density at radius 2 is 2.22 bits per heavy atom. The van der Waals surface area contributed by atoms with Gasteiger partial charge in [-0.3, -0.25) is 0 Å². The number of nitrogens with zero attached hydrogens (tertiary/aromatic N) is 1. The summed E-state index contributed by atoms with van der Waals surface area (Å²) in [6, 6.07) is 9.62. The number of nitrogens with two attached hydrogens (primary N) is 1. The molecule has 1 aromatic heterocycles. The SMILES string of the molecule is Nc1cccc2c1NC(c1cccnc1Br)CO2. The van der Waals surface area contributed by atoms with Gasteiger partial charge in [-0.15, -0.1) is 0 Å². The second kappa shape index (κ2) is 4.49. The van der Waals surface area contributed by atoms with Crippen molar-refractivity contribution in [2.24, 2.45) is 0 Å². The van der Waals surface area contributed by atoms with E-state index < -0.39 is 0 Å². The number of anilines is 2. The first-order valence-corrected chi connectivity index (χ1v) is 6.43. The maximum absolute atomic E-state index is 5.95. The summed E-state index contributed by atoms with van der Waals surface area (Å²) < 4.78 is 6.56. The van der Waals surface area contributed by atoms with Crippen molar-refractivity contribution < 1.29 is 4.74 Å². The number of fused-ring (bicyclic) bond motifs is 1. The summed E-state index contributed by atoms with van der Waals surface area (Å²) >= 11 is 3.45. The van der Waals surface area contributed by atoms with Gasteiger partial charge in [-0.1, -0.05) is 12.1 Å². The minimum atomic E-state index is 0.0466. The highest BCUT2D eigenvalue weighted by atomic mass is 79.9. The summed E-state index contributed by atoms with van der Waals surface area (Å²) in [5.41, 5.74) is 8.55. The number of nitrogen functional groups attached to an aromatic ring is 1. The van der Waals surface area contributed by atoms with Crippen molar-refractivity contribution >= 4 is 27.3 Å². The quantitative estimate of drug-likeness (QED) is 0.628. The molecule has 1 aliphatic heterocycles. The second-order valence-electron chi connectivity index (χ2n) is 4.11. The van der Waals surface area contributed by atoms with Crippen LogP contribution < -0.4 is 15.8 Å². The molecule has 1 aliphatic rings. The third kappa shape index (κ3) is 1.90. The Balaban J connectivity index is 1.96. The molecule has 3 N–H and O–H groups in total. The molecular weight excluding hydrogens is 294 g/mol.